The molecule has 0 spiro atoms. The molecular weight excluding hydrogens is 152 g/mol. The Labute approximate surface area is 72.2 Å². The molecule has 1 aliphatic carbocycles. The van der Waals surface area contributed by atoms with Gasteiger partial charge in [0.1, 0.15) is 13.7 Å². The Balaban J connectivity index is 2.60. The van der Waals surface area contributed by atoms with Gasteiger partial charge in [-0.3, -0.25) is 0 Å². The van der Waals surface area contributed by atoms with Gasteiger partial charge in [0.2, 0.25) is 0 Å². The van der Waals surface area contributed by atoms with Crippen molar-refractivity contribution in [3.63, 3.8) is 0 Å². The van der Waals surface area contributed by atoms with E-state index in [9.17, 15) is 4.39 Å². The summed E-state index contributed by atoms with van der Waals surface area (Å²) in [5.74, 6) is -0.255. The number of benzene rings is 1. The second kappa shape index (κ2) is 2.59. The summed E-state index contributed by atoms with van der Waals surface area (Å²) >= 11 is 0. The molecule has 0 saturated carbocycles. The minimum absolute atomic E-state index is 0.138. The highest BCUT2D eigenvalue weighted by Crippen LogP contribution is 2.30. The van der Waals surface area contributed by atoms with Crippen molar-refractivity contribution in [1.82, 2.24) is 0 Å². The lowest BCUT2D eigenvalue weighted by Gasteiger charge is -2.06. The van der Waals surface area contributed by atoms with Crippen LogP contribution in [-0.4, -0.2) is 7.85 Å². The van der Waals surface area contributed by atoms with Crippen LogP contribution in [0.1, 0.15) is 23.6 Å². The van der Waals surface area contributed by atoms with E-state index in [1.807, 2.05) is 6.07 Å². The number of halogens is 1. The Bertz CT molecular complexity index is 325. The third-order valence-corrected chi connectivity index (χ3v) is 2.33. The van der Waals surface area contributed by atoms with E-state index < -0.39 is 0 Å². The van der Waals surface area contributed by atoms with E-state index in [2.05, 4.69) is 0 Å². The van der Waals surface area contributed by atoms with Gasteiger partial charge in [-0.2, -0.15) is 0 Å². The predicted octanol–water partition coefficient (Wildman–Crippen LogP) is 0.566. The van der Waals surface area contributed by atoms with Crippen molar-refractivity contribution >= 4 is 13.3 Å². The molecule has 0 aliphatic heterocycles. The summed E-state index contributed by atoms with van der Waals surface area (Å²) in [7, 11) is 5.50. The monoisotopic (exact) mass is 161 g/mol. The summed E-state index contributed by atoms with van der Waals surface area (Å²) in [6.45, 7) is 0. The molecule has 0 bridgehead atoms. The number of aryl methyl sites for hydroxylation is 1. The average Bonchev–Trinajstić information content (AvgIpc) is 2.31. The SMILES string of the molecule is [B]c1cc(F)c2c(c1)CCC2N. The van der Waals surface area contributed by atoms with Crippen LogP contribution >= 0.6 is 0 Å². The van der Waals surface area contributed by atoms with Crippen LogP contribution in [0, 0.1) is 5.82 Å². The van der Waals surface area contributed by atoms with E-state index in [4.69, 9.17) is 13.6 Å². The fourth-order valence-corrected chi connectivity index (χ4v) is 1.78. The van der Waals surface area contributed by atoms with Gasteiger partial charge in [-0.25, -0.2) is 4.39 Å². The Morgan fingerprint density at radius 3 is 3.00 bits per heavy atom. The Morgan fingerprint density at radius 1 is 1.50 bits per heavy atom. The minimum atomic E-state index is -0.255. The molecule has 2 N–H and O–H groups in total. The van der Waals surface area contributed by atoms with E-state index >= 15 is 0 Å². The van der Waals surface area contributed by atoms with Gasteiger partial charge < -0.3 is 5.73 Å². The van der Waals surface area contributed by atoms with Crippen molar-refractivity contribution in [2.75, 3.05) is 0 Å². The highest BCUT2D eigenvalue weighted by molar-refractivity contribution is 6.32. The first kappa shape index (κ1) is 7.81. The summed E-state index contributed by atoms with van der Waals surface area (Å²) < 4.78 is 13.2. The molecule has 0 heterocycles. The zero-order valence-corrected chi connectivity index (χ0v) is 6.68. The zero-order valence-electron chi connectivity index (χ0n) is 6.68. The molecule has 1 aromatic carbocycles. The van der Waals surface area contributed by atoms with Gasteiger partial charge in [-0.1, -0.05) is 11.5 Å². The van der Waals surface area contributed by atoms with Gasteiger partial charge >= 0.3 is 0 Å². The highest BCUT2D eigenvalue weighted by atomic mass is 19.1. The van der Waals surface area contributed by atoms with Gasteiger partial charge in [0, 0.05) is 11.6 Å². The van der Waals surface area contributed by atoms with Crippen LogP contribution in [0.2, 0.25) is 0 Å². The summed E-state index contributed by atoms with van der Waals surface area (Å²) in [5, 5.41) is 0. The molecular formula is C9H9BFN. The lowest BCUT2D eigenvalue weighted by molar-refractivity contribution is 0.590. The maximum atomic E-state index is 13.2. The Morgan fingerprint density at radius 2 is 2.25 bits per heavy atom. The molecule has 1 atom stereocenters. The molecule has 0 saturated heterocycles. The fraction of sp³-hybridized carbons (Fsp3) is 0.333. The van der Waals surface area contributed by atoms with Crippen LogP contribution in [0.4, 0.5) is 4.39 Å². The lowest BCUT2D eigenvalue weighted by Crippen LogP contribution is -2.11. The fourth-order valence-electron chi connectivity index (χ4n) is 1.78. The molecule has 2 radical (unpaired) electrons. The molecule has 0 aromatic heterocycles. The maximum Gasteiger partial charge on any atom is 0.127 e. The molecule has 0 fully saturated rings. The number of nitrogens with two attached hydrogens (primary N) is 1. The summed E-state index contributed by atoms with van der Waals surface area (Å²) in [4.78, 5) is 0. The Hall–Kier alpha value is -0.825. The van der Waals surface area contributed by atoms with E-state index in [0.717, 1.165) is 18.4 Å². The van der Waals surface area contributed by atoms with Gasteiger partial charge in [-0.15, -0.1) is 0 Å². The standard InChI is InChI=1S/C9H9BFN/c10-6-3-5-1-2-8(12)9(5)7(11)4-6/h3-4,8H,1-2,12H2. The second-order valence-electron chi connectivity index (χ2n) is 3.22. The van der Waals surface area contributed by atoms with Crippen LogP contribution in [-0.2, 0) is 6.42 Å². The first-order valence-corrected chi connectivity index (χ1v) is 4.02. The van der Waals surface area contributed by atoms with Crippen molar-refractivity contribution < 1.29 is 4.39 Å². The molecule has 0 amide bonds. The average molecular weight is 161 g/mol. The summed E-state index contributed by atoms with van der Waals surface area (Å²) in [6, 6.07) is 3.01. The highest BCUT2D eigenvalue weighted by Gasteiger charge is 2.22. The lowest BCUT2D eigenvalue weighted by atomic mass is 9.92. The van der Waals surface area contributed by atoms with Gasteiger partial charge in [-0.05, 0) is 24.5 Å². The third kappa shape index (κ3) is 1.05. The first-order chi connectivity index (χ1) is 5.68. The van der Waals surface area contributed by atoms with Crippen LogP contribution in [0.15, 0.2) is 12.1 Å². The van der Waals surface area contributed by atoms with Crippen molar-refractivity contribution in [3.05, 3.63) is 29.1 Å². The van der Waals surface area contributed by atoms with Crippen molar-refractivity contribution in [2.24, 2.45) is 5.73 Å². The third-order valence-electron chi connectivity index (χ3n) is 2.33. The molecule has 1 nitrogen and oxygen atoms in total. The number of hydrogen-bond donors (Lipinski definition) is 1. The van der Waals surface area contributed by atoms with Gasteiger partial charge in [0.25, 0.3) is 0 Å². The van der Waals surface area contributed by atoms with E-state index in [1.165, 1.54) is 6.07 Å². The van der Waals surface area contributed by atoms with Crippen molar-refractivity contribution in [1.29, 1.82) is 0 Å². The molecule has 1 unspecified atom stereocenters. The quantitative estimate of drug-likeness (QED) is 0.553. The predicted molar refractivity (Wildman–Crippen MR) is 47.0 cm³/mol. The van der Waals surface area contributed by atoms with Crippen LogP contribution in [0.3, 0.4) is 0 Å². The number of fused-ring (bicyclic) bond motifs is 1. The molecule has 1 aliphatic rings. The van der Waals surface area contributed by atoms with Gasteiger partial charge in [0.15, 0.2) is 0 Å². The van der Waals surface area contributed by atoms with Crippen LogP contribution in [0.5, 0.6) is 0 Å². The first-order valence-electron chi connectivity index (χ1n) is 4.02. The largest absolute Gasteiger partial charge is 0.324 e. The van der Waals surface area contributed by atoms with Crippen molar-refractivity contribution in [3.8, 4) is 0 Å². The molecule has 1 aromatic rings. The van der Waals surface area contributed by atoms with E-state index in [-0.39, 0.29) is 11.9 Å². The van der Waals surface area contributed by atoms with E-state index in [0.29, 0.717) is 11.0 Å². The number of hydrogen-bond acceptors (Lipinski definition) is 1. The molecule has 3 heteroatoms. The normalized spacial score (nSPS) is 21.0. The topological polar surface area (TPSA) is 26.0 Å². The zero-order chi connectivity index (χ0) is 8.72. The summed E-state index contributed by atoms with van der Waals surface area (Å²) in [5.41, 5.74) is 7.83. The molecule has 60 valence electrons. The Kier molecular flexibility index (Phi) is 1.69. The number of rotatable bonds is 0. The van der Waals surface area contributed by atoms with Crippen molar-refractivity contribution in [2.45, 2.75) is 18.9 Å². The smallest absolute Gasteiger partial charge is 0.127 e. The molecule has 2 rings (SSSR count). The second-order valence-corrected chi connectivity index (χ2v) is 3.22. The van der Waals surface area contributed by atoms with E-state index in [1.54, 1.807) is 0 Å². The van der Waals surface area contributed by atoms with Crippen LogP contribution in [0.25, 0.3) is 0 Å². The summed E-state index contributed by atoms with van der Waals surface area (Å²) in [6.07, 6.45) is 1.67. The molecule has 12 heavy (non-hydrogen) atoms. The minimum Gasteiger partial charge on any atom is -0.324 e. The van der Waals surface area contributed by atoms with Gasteiger partial charge in [0.05, 0.1) is 0 Å². The van der Waals surface area contributed by atoms with Crippen LogP contribution < -0.4 is 11.2 Å². The maximum absolute atomic E-state index is 13.2.